The highest BCUT2D eigenvalue weighted by molar-refractivity contribution is 7.99. The first kappa shape index (κ1) is 10.8. The van der Waals surface area contributed by atoms with Gasteiger partial charge in [-0.05, 0) is 6.42 Å². The van der Waals surface area contributed by atoms with Gasteiger partial charge >= 0.3 is 0 Å². The van der Waals surface area contributed by atoms with Gasteiger partial charge in [0.15, 0.2) is 0 Å². The minimum Gasteiger partial charge on any atom is -0.396 e. The molecule has 0 heterocycles. The Hall–Kier alpha value is -0.220. The summed E-state index contributed by atoms with van der Waals surface area (Å²) in [5.41, 5.74) is 5.25. The zero-order valence-corrected chi connectivity index (χ0v) is 7.66. The fourth-order valence-corrected chi connectivity index (χ4v) is 1.76. The number of rotatable bonds is 6. The zero-order chi connectivity index (χ0) is 8.69. The van der Waals surface area contributed by atoms with E-state index in [1.165, 1.54) is 0 Å². The Labute approximate surface area is 71.9 Å². The van der Waals surface area contributed by atoms with Crippen LogP contribution in [-0.4, -0.2) is 28.6 Å². The molecule has 1 unspecified atom stereocenters. The Morgan fingerprint density at radius 3 is 2.73 bits per heavy atom. The molecule has 0 aliphatic heterocycles. The number of nitrogens with two attached hydrogens (primary N) is 1. The number of hydrogen-bond acceptors (Lipinski definition) is 3. The number of aliphatic hydroxyl groups excluding tert-OH is 1. The van der Waals surface area contributed by atoms with Gasteiger partial charge in [-0.2, -0.15) is 11.8 Å². The highest BCUT2D eigenvalue weighted by Crippen LogP contribution is 2.16. The summed E-state index contributed by atoms with van der Waals surface area (Å²) in [7, 11) is 0. The van der Waals surface area contributed by atoms with Gasteiger partial charge in [0.2, 0.25) is 0 Å². The van der Waals surface area contributed by atoms with E-state index < -0.39 is 0 Å². The molecule has 0 aromatic heterocycles. The van der Waals surface area contributed by atoms with Crippen molar-refractivity contribution in [3.8, 4) is 0 Å². The van der Waals surface area contributed by atoms with E-state index in [2.05, 4.69) is 6.92 Å². The first-order chi connectivity index (χ1) is 5.20. The lowest BCUT2D eigenvalue weighted by Crippen LogP contribution is -2.17. The quantitative estimate of drug-likeness (QED) is 0.414. The molecule has 0 fully saturated rings. The van der Waals surface area contributed by atoms with E-state index in [4.69, 9.17) is 16.2 Å². The second-order valence-corrected chi connectivity index (χ2v) is 3.76. The van der Waals surface area contributed by atoms with Crippen LogP contribution in [0, 0.1) is 5.41 Å². The number of hydrogen-bond donors (Lipinski definition) is 3. The normalized spacial score (nSPS) is 12.9. The third-order valence-electron chi connectivity index (χ3n) is 1.35. The number of thioether (sulfide) groups is 1. The molecule has 4 N–H and O–H groups in total. The summed E-state index contributed by atoms with van der Waals surface area (Å²) >= 11 is 1.68. The van der Waals surface area contributed by atoms with Crippen molar-refractivity contribution < 1.29 is 5.11 Å². The van der Waals surface area contributed by atoms with Crippen molar-refractivity contribution in [3.63, 3.8) is 0 Å². The summed E-state index contributed by atoms with van der Waals surface area (Å²) in [4.78, 5) is 0. The molecule has 0 aromatic carbocycles. The zero-order valence-electron chi connectivity index (χ0n) is 6.84. The van der Waals surface area contributed by atoms with E-state index >= 15 is 0 Å². The minimum absolute atomic E-state index is 0.207. The summed E-state index contributed by atoms with van der Waals surface area (Å²) in [6, 6.07) is 0. The van der Waals surface area contributed by atoms with Crippen molar-refractivity contribution in [1.29, 1.82) is 5.41 Å². The molecule has 3 nitrogen and oxygen atoms in total. The minimum atomic E-state index is 0.207. The summed E-state index contributed by atoms with van der Waals surface area (Å²) in [5, 5.41) is 16.0. The molecular formula is C7H16N2OS. The van der Waals surface area contributed by atoms with Gasteiger partial charge in [0.1, 0.15) is 0 Å². The summed E-state index contributed by atoms with van der Waals surface area (Å²) in [5.74, 6) is 0.980. The van der Waals surface area contributed by atoms with Crippen LogP contribution in [0.2, 0.25) is 0 Å². The average Bonchev–Trinajstić information content (AvgIpc) is 1.97. The largest absolute Gasteiger partial charge is 0.396 e. The van der Waals surface area contributed by atoms with Crippen LogP contribution in [0.4, 0.5) is 0 Å². The van der Waals surface area contributed by atoms with Crippen LogP contribution in [0.1, 0.15) is 19.8 Å². The fourth-order valence-electron chi connectivity index (χ4n) is 0.786. The van der Waals surface area contributed by atoms with Gasteiger partial charge in [0, 0.05) is 17.4 Å². The maximum absolute atomic E-state index is 8.54. The lowest BCUT2D eigenvalue weighted by molar-refractivity contribution is 0.322. The molecule has 0 radical (unpaired) electrons. The highest BCUT2D eigenvalue weighted by Gasteiger charge is 2.06. The van der Waals surface area contributed by atoms with Crippen LogP contribution in [0.25, 0.3) is 0 Å². The smallest absolute Gasteiger partial charge is 0.0916 e. The summed E-state index contributed by atoms with van der Waals surface area (Å²) in [6.07, 6.45) is 1.64. The molecule has 66 valence electrons. The van der Waals surface area contributed by atoms with Gasteiger partial charge in [-0.3, -0.25) is 5.41 Å². The van der Waals surface area contributed by atoms with Crippen LogP contribution in [-0.2, 0) is 0 Å². The number of aliphatic hydroxyl groups is 1. The first-order valence-electron chi connectivity index (χ1n) is 3.76. The van der Waals surface area contributed by atoms with E-state index in [0.717, 1.165) is 12.2 Å². The van der Waals surface area contributed by atoms with Crippen molar-refractivity contribution in [1.82, 2.24) is 0 Å². The standard InChI is InChI=1S/C7H16N2OS/c1-2-6(5-7(8)9)11-4-3-10/h6,10H,2-5H2,1H3,(H3,8,9). The van der Waals surface area contributed by atoms with Crippen LogP contribution in [0.3, 0.4) is 0 Å². The van der Waals surface area contributed by atoms with Gasteiger partial charge in [-0.1, -0.05) is 6.92 Å². The van der Waals surface area contributed by atoms with E-state index in [1.807, 2.05) is 0 Å². The summed E-state index contributed by atoms with van der Waals surface area (Å²) < 4.78 is 0. The molecule has 0 saturated carbocycles. The third-order valence-corrected chi connectivity index (χ3v) is 2.74. The maximum Gasteiger partial charge on any atom is 0.0916 e. The second-order valence-electron chi connectivity index (χ2n) is 2.35. The molecule has 1 atom stereocenters. The van der Waals surface area contributed by atoms with E-state index in [1.54, 1.807) is 11.8 Å². The lowest BCUT2D eigenvalue weighted by Gasteiger charge is -2.11. The summed E-state index contributed by atoms with van der Waals surface area (Å²) in [6.45, 7) is 2.27. The predicted molar refractivity (Wildman–Crippen MR) is 50.2 cm³/mol. The Morgan fingerprint density at radius 2 is 2.36 bits per heavy atom. The molecule has 0 bridgehead atoms. The molecule has 0 amide bonds. The Kier molecular flexibility index (Phi) is 6.36. The van der Waals surface area contributed by atoms with Crippen LogP contribution in [0.5, 0.6) is 0 Å². The highest BCUT2D eigenvalue weighted by atomic mass is 32.2. The Balaban J connectivity index is 3.49. The van der Waals surface area contributed by atoms with Crippen molar-refractivity contribution in [3.05, 3.63) is 0 Å². The molecule has 0 aliphatic carbocycles. The Morgan fingerprint density at radius 1 is 1.73 bits per heavy atom. The van der Waals surface area contributed by atoms with Crippen LogP contribution >= 0.6 is 11.8 Å². The molecular weight excluding hydrogens is 160 g/mol. The molecule has 0 aliphatic rings. The first-order valence-corrected chi connectivity index (χ1v) is 4.81. The van der Waals surface area contributed by atoms with Gasteiger partial charge in [-0.25, -0.2) is 0 Å². The van der Waals surface area contributed by atoms with Crippen LogP contribution in [0.15, 0.2) is 0 Å². The fraction of sp³-hybridized carbons (Fsp3) is 0.857. The molecule has 4 heteroatoms. The van der Waals surface area contributed by atoms with E-state index in [-0.39, 0.29) is 12.4 Å². The molecule has 0 spiro atoms. The van der Waals surface area contributed by atoms with Gasteiger partial charge < -0.3 is 10.8 Å². The molecule has 0 rings (SSSR count). The number of amidine groups is 1. The van der Waals surface area contributed by atoms with Crippen molar-refractivity contribution in [2.75, 3.05) is 12.4 Å². The lowest BCUT2D eigenvalue weighted by atomic mass is 10.2. The monoisotopic (exact) mass is 176 g/mol. The molecule has 11 heavy (non-hydrogen) atoms. The Bertz CT molecular complexity index is 119. The van der Waals surface area contributed by atoms with Gasteiger partial charge in [0.25, 0.3) is 0 Å². The van der Waals surface area contributed by atoms with Gasteiger partial charge in [0.05, 0.1) is 12.4 Å². The van der Waals surface area contributed by atoms with E-state index in [9.17, 15) is 0 Å². The molecule has 0 aromatic rings. The molecule has 0 saturated heterocycles. The predicted octanol–water partition coefficient (Wildman–Crippen LogP) is 0.817. The SMILES string of the molecule is CCC(CC(=N)N)SCCO. The average molecular weight is 176 g/mol. The topological polar surface area (TPSA) is 70.1 Å². The number of nitrogens with one attached hydrogen (secondary N) is 1. The van der Waals surface area contributed by atoms with E-state index in [0.29, 0.717) is 11.7 Å². The van der Waals surface area contributed by atoms with Crippen LogP contribution < -0.4 is 5.73 Å². The maximum atomic E-state index is 8.54. The third kappa shape index (κ3) is 6.19. The second kappa shape index (κ2) is 6.49. The van der Waals surface area contributed by atoms with Crippen molar-refractivity contribution >= 4 is 17.6 Å². The van der Waals surface area contributed by atoms with Crippen molar-refractivity contribution in [2.24, 2.45) is 5.73 Å². The van der Waals surface area contributed by atoms with Gasteiger partial charge in [-0.15, -0.1) is 0 Å². The van der Waals surface area contributed by atoms with Crippen molar-refractivity contribution in [2.45, 2.75) is 25.0 Å².